The van der Waals surface area contributed by atoms with Crippen molar-refractivity contribution in [3.63, 3.8) is 0 Å². The van der Waals surface area contributed by atoms with Gasteiger partial charge in [-0.3, -0.25) is 4.90 Å². The highest BCUT2D eigenvalue weighted by molar-refractivity contribution is 6.31. The summed E-state index contributed by atoms with van der Waals surface area (Å²) in [5, 5.41) is 11.1. The maximum atomic E-state index is 10.4. The van der Waals surface area contributed by atoms with Crippen LogP contribution in [0.25, 0.3) is 0 Å². The third-order valence-electron chi connectivity index (χ3n) is 3.92. The first-order valence-corrected chi connectivity index (χ1v) is 7.64. The molecule has 20 heavy (non-hydrogen) atoms. The Morgan fingerprint density at radius 1 is 1.45 bits per heavy atom. The van der Waals surface area contributed by atoms with E-state index >= 15 is 0 Å². The maximum Gasteiger partial charge on any atom is 0.0964 e. The SMILES string of the molecule is Cc1ccc(CC(O)C2CN(C(C)C)CCO2)c(Cl)c1. The lowest BCUT2D eigenvalue weighted by molar-refractivity contribution is -0.0940. The third-order valence-corrected chi connectivity index (χ3v) is 4.27. The Hall–Kier alpha value is -0.610. The zero-order valence-electron chi connectivity index (χ0n) is 12.5. The van der Waals surface area contributed by atoms with E-state index in [0.717, 1.165) is 29.2 Å². The normalized spacial score (nSPS) is 22.2. The molecular formula is C16H24ClNO2. The number of aryl methyl sites for hydroxylation is 1. The molecule has 112 valence electrons. The van der Waals surface area contributed by atoms with Gasteiger partial charge in [0.05, 0.1) is 18.8 Å². The molecule has 0 aromatic heterocycles. The van der Waals surface area contributed by atoms with Gasteiger partial charge in [-0.1, -0.05) is 23.7 Å². The molecule has 1 fully saturated rings. The molecule has 0 bridgehead atoms. The van der Waals surface area contributed by atoms with Gasteiger partial charge in [0, 0.05) is 30.6 Å². The number of hydrogen-bond donors (Lipinski definition) is 1. The monoisotopic (exact) mass is 297 g/mol. The van der Waals surface area contributed by atoms with Crippen LogP contribution in [0.1, 0.15) is 25.0 Å². The van der Waals surface area contributed by atoms with E-state index in [-0.39, 0.29) is 6.10 Å². The van der Waals surface area contributed by atoms with Crippen molar-refractivity contribution in [2.24, 2.45) is 0 Å². The lowest BCUT2D eigenvalue weighted by Crippen LogP contribution is -2.50. The van der Waals surface area contributed by atoms with Gasteiger partial charge >= 0.3 is 0 Å². The van der Waals surface area contributed by atoms with E-state index in [9.17, 15) is 5.11 Å². The summed E-state index contributed by atoms with van der Waals surface area (Å²) in [4.78, 5) is 2.34. The summed E-state index contributed by atoms with van der Waals surface area (Å²) < 4.78 is 5.72. The fourth-order valence-electron chi connectivity index (χ4n) is 2.57. The number of aliphatic hydroxyl groups is 1. The molecule has 1 aliphatic heterocycles. The molecule has 0 radical (unpaired) electrons. The zero-order chi connectivity index (χ0) is 14.7. The van der Waals surface area contributed by atoms with Crippen molar-refractivity contribution in [1.82, 2.24) is 4.90 Å². The number of halogens is 1. The van der Waals surface area contributed by atoms with Crippen molar-refractivity contribution in [2.45, 2.75) is 45.4 Å². The minimum atomic E-state index is -0.517. The molecule has 2 rings (SSSR count). The van der Waals surface area contributed by atoms with E-state index in [2.05, 4.69) is 18.7 Å². The van der Waals surface area contributed by atoms with Gasteiger partial charge in [-0.2, -0.15) is 0 Å². The second-order valence-corrected chi connectivity index (χ2v) is 6.27. The fraction of sp³-hybridized carbons (Fsp3) is 0.625. The number of nitrogens with zero attached hydrogens (tertiary/aromatic N) is 1. The number of aliphatic hydroxyl groups excluding tert-OH is 1. The molecule has 2 unspecified atom stereocenters. The first-order valence-electron chi connectivity index (χ1n) is 7.26. The van der Waals surface area contributed by atoms with Crippen LogP contribution in [0.3, 0.4) is 0 Å². The van der Waals surface area contributed by atoms with Gasteiger partial charge in [0.25, 0.3) is 0 Å². The second-order valence-electron chi connectivity index (χ2n) is 5.86. The van der Waals surface area contributed by atoms with E-state index in [1.54, 1.807) is 0 Å². The van der Waals surface area contributed by atoms with Crippen LogP contribution in [0, 0.1) is 6.92 Å². The Labute approximate surface area is 126 Å². The highest BCUT2D eigenvalue weighted by Crippen LogP contribution is 2.21. The number of hydrogen-bond acceptors (Lipinski definition) is 3. The average Bonchev–Trinajstić information content (AvgIpc) is 2.42. The number of morpholine rings is 1. The summed E-state index contributed by atoms with van der Waals surface area (Å²) in [5.74, 6) is 0. The molecule has 0 saturated carbocycles. The smallest absolute Gasteiger partial charge is 0.0964 e. The van der Waals surface area contributed by atoms with Crippen LogP contribution in [0.4, 0.5) is 0 Å². The third kappa shape index (κ3) is 3.95. The summed E-state index contributed by atoms with van der Waals surface area (Å²) in [5.41, 5.74) is 2.11. The fourth-order valence-corrected chi connectivity index (χ4v) is 2.89. The molecule has 1 saturated heterocycles. The van der Waals surface area contributed by atoms with E-state index in [0.29, 0.717) is 19.1 Å². The quantitative estimate of drug-likeness (QED) is 0.927. The van der Waals surface area contributed by atoms with Crippen LogP contribution in [0.15, 0.2) is 18.2 Å². The number of ether oxygens (including phenoxy) is 1. The van der Waals surface area contributed by atoms with Crippen LogP contribution in [-0.4, -0.2) is 48.0 Å². The zero-order valence-corrected chi connectivity index (χ0v) is 13.2. The highest BCUT2D eigenvalue weighted by Gasteiger charge is 2.28. The molecule has 1 aliphatic rings. The summed E-state index contributed by atoms with van der Waals surface area (Å²) in [7, 11) is 0. The minimum absolute atomic E-state index is 0.136. The summed E-state index contributed by atoms with van der Waals surface area (Å²) >= 11 is 6.23. The number of rotatable bonds is 4. The molecular weight excluding hydrogens is 274 g/mol. The Kier molecular flexibility index (Phi) is 5.44. The Morgan fingerprint density at radius 2 is 2.20 bits per heavy atom. The molecule has 4 heteroatoms. The molecule has 2 atom stereocenters. The lowest BCUT2D eigenvalue weighted by atomic mass is 10.0. The molecule has 1 aromatic carbocycles. The van der Waals surface area contributed by atoms with E-state index in [1.807, 2.05) is 25.1 Å². The summed E-state index contributed by atoms with van der Waals surface area (Å²) in [6, 6.07) is 6.43. The van der Waals surface area contributed by atoms with Crippen molar-refractivity contribution in [3.05, 3.63) is 34.3 Å². The molecule has 0 aliphatic carbocycles. The van der Waals surface area contributed by atoms with Crippen LogP contribution >= 0.6 is 11.6 Å². The first kappa shape index (κ1) is 15.8. The van der Waals surface area contributed by atoms with Crippen LogP contribution in [0.2, 0.25) is 5.02 Å². The van der Waals surface area contributed by atoms with Crippen molar-refractivity contribution in [2.75, 3.05) is 19.7 Å². The van der Waals surface area contributed by atoms with Crippen LogP contribution in [0.5, 0.6) is 0 Å². The predicted octanol–water partition coefficient (Wildman–Crippen LogP) is 2.66. The van der Waals surface area contributed by atoms with Crippen molar-refractivity contribution in [3.8, 4) is 0 Å². The van der Waals surface area contributed by atoms with Gasteiger partial charge in [-0.25, -0.2) is 0 Å². The van der Waals surface area contributed by atoms with E-state index in [4.69, 9.17) is 16.3 Å². The van der Waals surface area contributed by atoms with Gasteiger partial charge in [0.2, 0.25) is 0 Å². The summed E-state index contributed by atoms with van der Waals surface area (Å²) in [6.45, 7) is 8.75. The lowest BCUT2D eigenvalue weighted by Gasteiger charge is -2.37. The van der Waals surface area contributed by atoms with Crippen molar-refractivity contribution in [1.29, 1.82) is 0 Å². The molecule has 0 amide bonds. The van der Waals surface area contributed by atoms with Crippen LogP contribution < -0.4 is 0 Å². The highest BCUT2D eigenvalue weighted by atomic mass is 35.5. The second kappa shape index (κ2) is 6.90. The van der Waals surface area contributed by atoms with E-state index < -0.39 is 6.10 Å². The van der Waals surface area contributed by atoms with Crippen LogP contribution in [-0.2, 0) is 11.2 Å². The average molecular weight is 298 g/mol. The molecule has 3 nitrogen and oxygen atoms in total. The Morgan fingerprint density at radius 3 is 2.85 bits per heavy atom. The maximum absolute atomic E-state index is 10.4. The Balaban J connectivity index is 1.98. The Bertz CT molecular complexity index is 450. The van der Waals surface area contributed by atoms with Crippen molar-refractivity contribution < 1.29 is 9.84 Å². The van der Waals surface area contributed by atoms with Crippen molar-refractivity contribution >= 4 is 11.6 Å². The molecule has 1 N–H and O–H groups in total. The van der Waals surface area contributed by atoms with Gasteiger partial charge in [0.1, 0.15) is 0 Å². The molecule has 1 heterocycles. The predicted molar refractivity (Wildman–Crippen MR) is 82.3 cm³/mol. The van der Waals surface area contributed by atoms with E-state index in [1.165, 1.54) is 0 Å². The minimum Gasteiger partial charge on any atom is -0.390 e. The topological polar surface area (TPSA) is 32.7 Å². The standard InChI is InChI=1S/C16H24ClNO2/c1-11(2)18-6-7-20-16(10-18)15(19)9-13-5-4-12(3)8-14(13)17/h4-5,8,11,15-16,19H,6-7,9-10H2,1-3H3. The molecule has 1 aromatic rings. The molecule has 0 spiro atoms. The first-order chi connectivity index (χ1) is 9.47. The van der Waals surface area contributed by atoms with Gasteiger partial charge in [0.15, 0.2) is 0 Å². The largest absolute Gasteiger partial charge is 0.390 e. The number of benzene rings is 1. The van der Waals surface area contributed by atoms with Gasteiger partial charge in [-0.15, -0.1) is 0 Å². The van der Waals surface area contributed by atoms with Gasteiger partial charge < -0.3 is 9.84 Å². The van der Waals surface area contributed by atoms with Gasteiger partial charge in [-0.05, 0) is 38.0 Å². The summed E-state index contributed by atoms with van der Waals surface area (Å²) in [6.07, 6.45) is -0.115.